The number of anilines is 1. The van der Waals surface area contributed by atoms with E-state index >= 15 is 0 Å². The second-order valence-electron chi connectivity index (χ2n) is 14.3. The first-order valence-electron chi connectivity index (χ1n) is 16.3. The summed E-state index contributed by atoms with van der Waals surface area (Å²) in [5.41, 5.74) is 7.53. The average molecular weight is 663 g/mol. The lowest BCUT2D eigenvalue weighted by atomic mass is 9.76. The van der Waals surface area contributed by atoms with Crippen molar-refractivity contribution in [1.82, 2.24) is 14.3 Å². The van der Waals surface area contributed by atoms with Crippen molar-refractivity contribution in [2.24, 2.45) is 5.41 Å². The van der Waals surface area contributed by atoms with Crippen molar-refractivity contribution in [2.45, 2.75) is 78.9 Å². The molecule has 1 aliphatic rings. The first-order valence-corrected chi connectivity index (χ1v) is 21.4. The number of benzene rings is 2. The Hall–Kier alpha value is -3.05. The van der Waals surface area contributed by atoms with Gasteiger partial charge in [0.1, 0.15) is 25.8 Å². The minimum absolute atomic E-state index is 0.211. The van der Waals surface area contributed by atoms with E-state index < -0.39 is 14.2 Å². The Morgan fingerprint density at radius 2 is 1.80 bits per heavy atom. The fourth-order valence-electron chi connectivity index (χ4n) is 5.85. The van der Waals surface area contributed by atoms with Gasteiger partial charge in [-0.2, -0.15) is 16.9 Å². The molecule has 4 aromatic rings. The van der Waals surface area contributed by atoms with Crippen LogP contribution in [0.15, 0.2) is 54.6 Å². The topological polar surface area (TPSA) is 70.8 Å². The van der Waals surface area contributed by atoms with Crippen LogP contribution in [0.1, 0.15) is 37.1 Å². The zero-order valence-corrected chi connectivity index (χ0v) is 30.4. The molecule has 0 bridgehead atoms. The molecule has 2 aromatic carbocycles. The summed E-state index contributed by atoms with van der Waals surface area (Å²) in [7, 11) is 0.563. The van der Waals surface area contributed by atoms with Crippen LogP contribution in [0.25, 0.3) is 22.3 Å². The summed E-state index contributed by atoms with van der Waals surface area (Å²) in [5.74, 6) is 0.920. The predicted octanol–water partition coefficient (Wildman–Crippen LogP) is 8.44. The standard InChI is InChI=1S/C36H50N4O4SSi/c1-36(2)16-15-30-33(23-36)40(26-43-18-20-46(5,6)7)37-34(30)32-21-28-13-14-29(22-31(28)39(32)25-42-17-19-45-4)38(3)35(41)44-24-27-11-9-8-10-12-27/h8-14,21-22H,15-20,23-26H2,1-7H3. The number of nitrogens with zero attached hydrogens (tertiary/aromatic N) is 4. The van der Waals surface area contributed by atoms with Gasteiger partial charge in [-0.05, 0) is 60.7 Å². The molecule has 0 spiro atoms. The maximum absolute atomic E-state index is 13.0. The molecule has 0 unspecified atom stereocenters. The molecule has 5 rings (SSSR count). The lowest BCUT2D eigenvalue weighted by Gasteiger charge is -2.30. The van der Waals surface area contributed by atoms with Gasteiger partial charge in [0, 0.05) is 49.8 Å². The summed E-state index contributed by atoms with van der Waals surface area (Å²) in [6, 6.07) is 19.2. The molecule has 10 heteroatoms. The van der Waals surface area contributed by atoms with Gasteiger partial charge >= 0.3 is 6.09 Å². The van der Waals surface area contributed by atoms with Crippen LogP contribution < -0.4 is 4.90 Å². The fourth-order valence-corrected chi connectivity index (χ4v) is 6.89. The minimum atomic E-state index is -1.19. The third kappa shape index (κ3) is 8.45. The number of fused-ring (bicyclic) bond motifs is 2. The number of carbonyl (C=O) groups is 1. The molecule has 0 fully saturated rings. The summed E-state index contributed by atoms with van der Waals surface area (Å²) in [6.07, 6.45) is 4.74. The van der Waals surface area contributed by atoms with Crippen molar-refractivity contribution in [3.05, 3.63) is 71.4 Å². The number of hydrogen-bond donors (Lipinski definition) is 0. The molecular formula is C36H50N4O4SSi. The third-order valence-corrected chi connectivity index (χ3v) is 11.0. The van der Waals surface area contributed by atoms with Crippen LogP contribution in [0.2, 0.25) is 25.7 Å². The Balaban J connectivity index is 1.48. The smallest absolute Gasteiger partial charge is 0.414 e. The predicted molar refractivity (Wildman–Crippen MR) is 192 cm³/mol. The molecule has 0 saturated carbocycles. The number of aromatic nitrogens is 3. The van der Waals surface area contributed by atoms with E-state index in [0.717, 1.165) is 71.2 Å². The largest absolute Gasteiger partial charge is 0.444 e. The van der Waals surface area contributed by atoms with Crippen molar-refractivity contribution < 1.29 is 19.0 Å². The van der Waals surface area contributed by atoms with Crippen LogP contribution in [0.3, 0.4) is 0 Å². The number of ether oxygens (including phenoxy) is 3. The quantitative estimate of drug-likeness (QED) is 0.0997. The van der Waals surface area contributed by atoms with Gasteiger partial charge in [0.2, 0.25) is 0 Å². The van der Waals surface area contributed by atoms with Crippen LogP contribution in [-0.4, -0.2) is 60.8 Å². The van der Waals surface area contributed by atoms with Gasteiger partial charge in [0.25, 0.3) is 0 Å². The normalized spacial score (nSPS) is 14.4. The third-order valence-electron chi connectivity index (χ3n) is 8.72. The van der Waals surface area contributed by atoms with Gasteiger partial charge in [0.15, 0.2) is 0 Å². The highest BCUT2D eigenvalue weighted by Gasteiger charge is 2.32. The first-order chi connectivity index (χ1) is 22.0. The zero-order valence-electron chi connectivity index (χ0n) is 28.6. The molecule has 8 nitrogen and oxygen atoms in total. The van der Waals surface area contributed by atoms with E-state index in [1.54, 1.807) is 23.7 Å². The summed E-state index contributed by atoms with van der Waals surface area (Å²) in [4.78, 5) is 14.6. The van der Waals surface area contributed by atoms with E-state index in [0.29, 0.717) is 20.1 Å². The maximum Gasteiger partial charge on any atom is 0.414 e. The number of thioether (sulfide) groups is 1. The fraction of sp³-hybridized carbons (Fsp3) is 0.500. The number of carbonyl (C=O) groups excluding carboxylic acids is 1. The Bertz CT molecular complexity index is 1630. The molecule has 1 amide bonds. The highest BCUT2D eigenvalue weighted by molar-refractivity contribution is 7.98. The Morgan fingerprint density at radius 3 is 2.54 bits per heavy atom. The molecule has 46 heavy (non-hydrogen) atoms. The zero-order chi connectivity index (χ0) is 32.9. The number of rotatable bonds is 14. The molecule has 0 atom stereocenters. The minimum Gasteiger partial charge on any atom is -0.444 e. The van der Waals surface area contributed by atoms with Crippen molar-refractivity contribution in [1.29, 1.82) is 0 Å². The van der Waals surface area contributed by atoms with Crippen molar-refractivity contribution >= 4 is 42.5 Å². The molecule has 0 aliphatic heterocycles. The van der Waals surface area contributed by atoms with Crippen molar-refractivity contribution in [2.75, 3.05) is 37.2 Å². The van der Waals surface area contributed by atoms with Gasteiger partial charge in [-0.15, -0.1) is 0 Å². The van der Waals surface area contributed by atoms with Crippen molar-refractivity contribution in [3.63, 3.8) is 0 Å². The lowest BCUT2D eigenvalue weighted by Crippen LogP contribution is -2.26. The van der Waals surface area contributed by atoms with Crippen LogP contribution in [0, 0.1) is 5.41 Å². The number of amides is 1. The molecule has 0 radical (unpaired) electrons. The van der Waals surface area contributed by atoms with E-state index in [9.17, 15) is 4.79 Å². The summed E-state index contributed by atoms with van der Waals surface area (Å²) >= 11 is 1.77. The highest BCUT2D eigenvalue weighted by atomic mass is 32.2. The van der Waals surface area contributed by atoms with Gasteiger partial charge in [-0.25, -0.2) is 9.48 Å². The van der Waals surface area contributed by atoms with Crippen LogP contribution in [-0.2, 0) is 47.1 Å². The van der Waals surface area contributed by atoms with Gasteiger partial charge in [0.05, 0.1) is 17.8 Å². The molecule has 2 aromatic heterocycles. The van der Waals surface area contributed by atoms with E-state index in [2.05, 4.69) is 61.1 Å². The van der Waals surface area contributed by atoms with Gasteiger partial charge in [-0.1, -0.05) is 69.9 Å². The second kappa shape index (κ2) is 14.8. The van der Waals surface area contributed by atoms with Crippen LogP contribution in [0.5, 0.6) is 0 Å². The lowest BCUT2D eigenvalue weighted by molar-refractivity contribution is 0.0747. The molecule has 0 saturated heterocycles. The second-order valence-corrected chi connectivity index (χ2v) is 20.9. The molecule has 2 heterocycles. The average Bonchev–Trinajstić information content (AvgIpc) is 3.56. The first kappa shape index (κ1) is 34.3. The van der Waals surface area contributed by atoms with Gasteiger partial charge < -0.3 is 18.8 Å². The van der Waals surface area contributed by atoms with E-state index in [1.807, 2.05) is 42.5 Å². The summed E-state index contributed by atoms with van der Waals surface area (Å²) < 4.78 is 22.4. The Morgan fingerprint density at radius 1 is 1.04 bits per heavy atom. The van der Waals surface area contributed by atoms with Crippen LogP contribution in [0.4, 0.5) is 10.5 Å². The van der Waals surface area contributed by atoms with Gasteiger partial charge in [-0.3, -0.25) is 4.90 Å². The SMILES string of the molecule is CSCCOCn1c(-c2nn(COCC[Si](C)(C)C)c3c2CCC(C)(C)C3)cc2ccc(N(C)C(=O)OCc3ccccc3)cc21. The summed E-state index contributed by atoms with van der Waals surface area (Å²) in [6.45, 7) is 14.3. The Kier molecular flexibility index (Phi) is 11.0. The molecule has 1 aliphatic carbocycles. The van der Waals surface area contributed by atoms with E-state index in [-0.39, 0.29) is 12.0 Å². The molecule has 248 valence electrons. The van der Waals surface area contributed by atoms with E-state index in [1.165, 1.54) is 11.3 Å². The maximum atomic E-state index is 13.0. The summed E-state index contributed by atoms with van der Waals surface area (Å²) in [5, 5.41) is 6.31. The number of hydrogen-bond acceptors (Lipinski definition) is 6. The van der Waals surface area contributed by atoms with Crippen molar-refractivity contribution in [3.8, 4) is 11.4 Å². The van der Waals surface area contributed by atoms with E-state index in [4.69, 9.17) is 19.3 Å². The van der Waals surface area contributed by atoms with Crippen LogP contribution >= 0.6 is 11.8 Å². The Labute approximate surface area is 279 Å². The monoisotopic (exact) mass is 662 g/mol. The molecular weight excluding hydrogens is 613 g/mol. The molecule has 0 N–H and O–H groups in total. The highest BCUT2D eigenvalue weighted by Crippen LogP contribution is 2.41.